The highest BCUT2D eigenvalue weighted by atomic mass is 19.1. The first-order valence-corrected chi connectivity index (χ1v) is 4.18. The van der Waals surface area contributed by atoms with E-state index in [-0.39, 0.29) is 10.9 Å². The normalized spacial score (nSPS) is 24.9. The minimum Gasteiger partial charge on any atom is -0.361 e. The SMILES string of the molecule is [2H]C([2H])([2H])N(C([2H])([2H])[2H])C([2H])([2H])C([2H])([2H])c1c[nH]c2cccc(F)c12. The minimum atomic E-state index is -3.50. The summed E-state index contributed by atoms with van der Waals surface area (Å²) in [4.78, 5) is 2.10. The molecule has 15 heavy (non-hydrogen) atoms. The van der Waals surface area contributed by atoms with Crippen molar-refractivity contribution in [3.8, 4) is 0 Å². The first-order chi connectivity index (χ1) is 11.1. The van der Waals surface area contributed by atoms with Crippen LogP contribution in [-0.2, 0) is 6.37 Å². The van der Waals surface area contributed by atoms with E-state index in [0.717, 1.165) is 12.3 Å². The van der Waals surface area contributed by atoms with Gasteiger partial charge in [-0.1, -0.05) is 6.07 Å². The second kappa shape index (κ2) is 4.03. The number of aromatic nitrogens is 1. The minimum absolute atomic E-state index is 0.170. The molecule has 0 saturated carbocycles. The van der Waals surface area contributed by atoms with E-state index in [2.05, 4.69) is 4.98 Å². The summed E-state index contributed by atoms with van der Waals surface area (Å²) < 4.78 is 90.3. The molecule has 0 saturated heterocycles. The van der Waals surface area contributed by atoms with Crippen molar-refractivity contribution in [3.63, 3.8) is 0 Å². The maximum atomic E-state index is 14.1. The van der Waals surface area contributed by atoms with Gasteiger partial charge in [0.25, 0.3) is 0 Å². The lowest BCUT2D eigenvalue weighted by molar-refractivity contribution is 0.414. The van der Waals surface area contributed by atoms with E-state index in [9.17, 15) is 4.39 Å². The summed E-state index contributed by atoms with van der Waals surface area (Å²) in [5.41, 5.74) is -0.340. The maximum Gasteiger partial charge on any atom is 0.132 e. The van der Waals surface area contributed by atoms with Crippen LogP contribution in [0.1, 0.15) is 19.3 Å². The number of benzene rings is 1. The van der Waals surface area contributed by atoms with Crippen molar-refractivity contribution in [2.45, 2.75) is 6.37 Å². The number of H-pyrrole nitrogens is 1. The van der Waals surface area contributed by atoms with Gasteiger partial charge in [-0.15, -0.1) is 0 Å². The number of hydrogen-bond acceptors (Lipinski definition) is 1. The lowest BCUT2D eigenvalue weighted by Crippen LogP contribution is -2.14. The predicted molar refractivity (Wildman–Crippen MR) is 60.5 cm³/mol. The molecule has 0 aliphatic heterocycles. The number of nitrogens with zero attached hydrogens (tertiary/aromatic N) is 1. The molecule has 2 aromatic rings. The Kier molecular flexibility index (Phi) is 0.965. The number of rotatable bonds is 3. The second-order valence-corrected chi connectivity index (χ2v) is 2.94. The summed E-state index contributed by atoms with van der Waals surface area (Å²) in [7, 11) is 0. The van der Waals surface area contributed by atoms with Crippen LogP contribution in [0.25, 0.3) is 10.9 Å². The van der Waals surface area contributed by atoms with Crippen LogP contribution in [-0.4, -0.2) is 30.3 Å². The molecule has 2 rings (SSSR count). The van der Waals surface area contributed by atoms with Crippen molar-refractivity contribution in [1.29, 1.82) is 0 Å². The topological polar surface area (TPSA) is 19.0 Å². The zero-order chi connectivity index (χ0) is 19.4. The standard InChI is InChI=1S/C12H15FN2/c1-15(2)7-6-9-8-14-11-5-3-4-10(13)12(9)11/h3-5,8,14H,6-7H2,1-2H3/i1D3,2D3,6D2,7D2. The molecular formula is C12H15FN2. The highest BCUT2D eigenvalue weighted by Crippen LogP contribution is 2.21. The molecule has 0 bridgehead atoms. The molecular weight excluding hydrogens is 191 g/mol. The van der Waals surface area contributed by atoms with E-state index in [4.69, 9.17) is 13.7 Å². The quantitative estimate of drug-likeness (QED) is 0.835. The Morgan fingerprint density at radius 1 is 1.53 bits per heavy atom. The van der Waals surface area contributed by atoms with E-state index in [0.29, 0.717) is 0 Å². The van der Waals surface area contributed by atoms with Gasteiger partial charge in [0.2, 0.25) is 0 Å². The molecule has 0 atom stereocenters. The number of likely N-dealkylation sites (N-methyl/N-ethyl adjacent to an activating group) is 1. The van der Waals surface area contributed by atoms with Gasteiger partial charge < -0.3 is 9.88 Å². The van der Waals surface area contributed by atoms with Crippen molar-refractivity contribution in [2.24, 2.45) is 0 Å². The second-order valence-electron chi connectivity index (χ2n) is 2.94. The number of aromatic amines is 1. The van der Waals surface area contributed by atoms with Crippen molar-refractivity contribution >= 4 is 10.9 Å². The summed E-state index contributed by atoms with van der Waals surface area (Å²) in [5.74, 6) is -0.845. The summed E-state index contributed by atoms with van der Waals surface area (Å²) >= 11 is 0. The zero-order valence-electron chi connectivity index (χ0n) is 17.6. The molecule has 0 aliphatic carbocycles. The molecule has 0 radical (unpaired) electrons. The van der Waals surface area contributed by atoms with Gasteiger partial charge >= 0.3 is 0 Å². The van der Waals surface area contributed by atoms with Crippen LogP contribution in [0, 0.1) is 5.82 Å². The molecule has 80 valence electrons. The Morgan fingerprint density at radius 3 is 3.20 bits per heavy atom. The van der Waals surface area contributed by atoms with Gasteiger partial charge in [0.1, 0.15) is 5.82 Å². The Hall–Kier alpha value is -1.35. The molecule has 1 N–H and O–H groups in total. The average molecular weight is 216 g/mol. The fourth-order valence-corrected chi connectivity index (χ4v) is 1.35. The Labute approximate surface area is 103 Å². The van der Waals surface area contributed by atoms with Crippen LogP contribution in [0.4, 0.5) is 4.39 Å². The lowest BCUT2D eigenvalue weighted by Gasteiger charge is -2.08. The van der Waals surface area contributed by atoms with Gasteiger partial charge in [-0.05, 0) is 38.0 Å². The monoisotopic (exact) mass is 216 g/mol. The number of halogens is 1. The van der Waals surface area contributed by atoms with Crippen molar-refractivity contribution in [1.82, 2.24) is 9.88 Å². The molecule has 0 amide bonds. The third kappa shape index (κ3) is 2.02. The number of aryl methyl sites for hydroxylation is 1. The fraction of sp³-hybridized carbons (Fsp3) is 0.333. The predicted octanol–water partition coefficient (Wildman–Crippen LogP) is 2.41. The van der Waals surface area contributed by atoms with Gasteiger partial charge in [-0.3, -0.25) is 0 Å². The van der Waals surface area contributed by atoms with E-state index in [1.807, 2.05) is 0 Å². The molecule has 1 heterocycles. The zero-order valence-corrected chi connectivity index (χ0v) is 7.63. The summed E-state index contributed by atoms with van der Waals surface area (Å²) in [6.07, 6.45) is -2.15. The molecule has 0 aliphatic rings. The van der Waals surface area contributed by atoms with Gasteiger partial charge in [0, 0.05) is 37.3 Å². The number of fused-ring (bicyclic) bond motifs is 1. The van der Waals surface area contributed by atoms with E-state index in [1.54, 1.807) is 0 Å². The van der Waals surface area contributed by atoms with Crippen LogP contribution >= 0.6 is 0 Å². The smallest absolute Gasteiger partial charge is 0.132 e. The first-order valence-electron chi connectivity index (χ1n) is 9.18. The van der Waals surface area contributed by atoms with Gasteiger partial charge in [0.15, 0.2) is 0 Å². The number of nitrogens with one attached hydrogen (secondary N) is 1. The molecule has 2 nitrogen and oxygen atoms in total. The van der Waals surface area contributed by atoms with Crippen molar-refractivity contribution in [2.75, 3.05) is 20.4 Å². The molecule has 3 heteroatoms. The van der Waals surface area contributed by atoms with Crippen molar-refractivity contribution < 1.29 is 18.1 Å². The molecule has 0 unspecified atom stereocenters. The third-order valence-electron chi connectivity index (χ3n) is 1.96. The maximum absolute atomic E-state index is 14.1. The van der Waals surface area contributed by atoms with E-state index in [1.165, 1.54) is 12.1 Å². The molecule has 1 aromatic carbocycles. The van der Waals surface area contributed by atoms with Gasteiger partial charge in [0.05, 0.1) is 0 Å². The third-order valence-corrected chi connectivity index (χ3v) is 1.96. The van der Waals surface area contributed by atoms with E-state index < -0.39 is 43.1 Å². The van der Waals surface area contributed by atoms with Gasteiger partial charge in [-0.25, -0.2) is 4.39 Å². The van der Waals surface area contributed by atoms with Crippen LogP contribution in [0.3, 0.4) is 0 Å². The largest absolute Gasteiger partial charge is 0.361 e. The summed E-state index contributed by atoms with van der Waals surface area (Å²) in [6.45, 7) is -10.4. The van der Waals surface area contributed by atoms with Gasteiger partial charge in [-0.2, -0.15) is 0 Å². The fourth-order valence-electron chi connectivity index (χ4n) is 1.35. The van der Waals surface area contributed by atoms with Crippen LogP contribution in [0.15, 0.2) is 24.4 Å². The molecule has 0 fully saturated rings. The average Bonchev–Trinajstić information content (AvgIpc) is 2.79. The first kappa shape index (κ1) is 3.59. The van der Waals surface area contributed by atoms with E-state index >= 15 is 0 Å². The highest BCUT2D eigenvalue weighted by molar-refractivity contribution is 5.83. The number of hydrogen-bond donors (Lipinski definition) is 1. The molecule has 0 spiro atoms. The highest BCUT2D eigenvalue weighted by Gasteiger charge is 2.07. The Morgan fingerprint density at radius 2 is 2.40 bits per heavy atom. The summed E-state index contributed by atoms with van der Waals surface area (Å²) in [6, 6.07) is 3.83. The lowest BCUT2D eigenvalue weighted by atomic mass is 10.1. The Balaban J connectivity index is 2.70. The Bertz CT molecular complexity index is 762. The summed E-state index contributed by atoms with van der Waals surface area (Å²) in [5, 5.41) is -0.271. The van der Waals surface area contributed by atoms with Crippen LogP contribution in [0.5, 0.6) is 0 Å². The van der Waals surface area contributed by atoms with Crippen LogP contribution < -0.4 is 0 Å². The van der Waals surface area contributed by atoms with Crippen molar-refractivity contribution in [3.05, 3.63) is 35.8 Å². The molecule has 1 aromatic heterocycles. The van der Waals surface area contributed by atoms with Crippen LogP contribution in [0.2, 0.25) is 0 Å².